The molecule has 2 aliphatic rings. The molecule has 2 fully saturated rings. The number of hydrogen-bond acceptors (Lipinski definition) is 5. The zero-order chi connectivity index (χ0) is 12.1. The van der Waals surface area contributed by atoms with Crippen molar-refractivity contribution in [1.82, 2.24) is 4.90 Å². The monoisotopic (exact) mass is 247 g/mol. The molecule has 0 radical (unpaired) electrons. The molecule has 0 aromatic rings. The first-order chi connectivity index (χ1) is 7.38. The molecule has 0 bridgehead atoms. The SMILES string of the molecule is CC1(C)S[C@@H]2[C@H](CO)C(=O)N2[C@@H]1OC(=O)O. The molecule has 6 nitrogen and oxygen atoms in total. The van der Waals surface area contributed by atoms with Gasteiger partial charge < -0.3 is 14.9 Å². The second-order valence-corrected chi connectivity index (χ2v) is 6.15. The quantitative estimate of drug-likeness (QED) is 0.539. The summed E-state index contributed by atoms with van der Waals surface area (Å²) in [5.41, 5.74) is 0. The molecule has 2 rings (SSSR count). The smallest absolute Gasteiger partial charge is 0.450 e. The van der Waals surface area contributed by atoms with Crippen LogP contribution in [0.25, 0.3) is 0 Å². The summed E-state index contributed by atoms with van der Waals surface area (Å²) >= 11 is 1.46. The number of carboxylic acid groups (broad SMARTS) is 1. The van der Waals surface area contributed by atoms with Crippen molar-refractivity contribution in [3.63, 3.8) is 0 Å². The topological polar surface area (TPSA) is 87.1 Å². The van der Waals surface area contributed by atoms with Crippen LogP contribution in [0.15, 0.2) is 0 Å². The number of aliphatic hydroxyl groups is 1. The molecule has 0 aliphatic carbocycles. The van der Waals surface area contributed by atoms with Gasteiger partial charge in [0.2, 0.25) is 5.91 Å². The number of nitrogens with zero attached hydrogens (tertiary/aromatic N) is 1. The van der Waals surface area contributed by atoms with Gasteiger partial charge in [0.05, 0.1) is 22.6 Å². The fourth-order valence-corrected chi connectivity index (χ4v) is 3.70. The van der Waals surface area contributed by atoms with Crippen LogP contribution in [-0.4, -0.2) is 50.1 Å². The lowest BCUT2D eigenvalue weighted by atomic mass is 9.97. The van der Waals surface area contributed by atoms with Gasteiger partial charge in [-0.25, -0.2) is 4.79 Å². The summed E-state index contributed by atoms with van der Waals surface area (Å²) in [4.78, 5) is 23.6. The third-order valence-corrected chi connectivity index (χ3v) is 4.48. The van der Waals surface area contributed by atoms with E-state index in [9.17, 15) is 9.59 Å². The average Bonchev–Trinajstić information content (AvgIpc) is 2.36. The lowest BCUT2D eigenvalue weighted by Crippen LogP contribution is -2.62. The normalized spacial score (nSPS) is 35.6. The summed E-state index contributed by atoms with van der Waals surface area (Å²) in [7, 11) is 0. The standard InChI is InChI=1S/C9H13NO5S/c1-9(2)7(15-8(13)14)10-5(12)4(3-11)6(10)16-9/h4,6-7,11H,3H2,1-2H3,(H,13,14)/t4-,6-,7-/m1/s1. The molecule has 0 aromatic heterocycles. The Labute approximate surface area is 96.6 Å². The largest absolute Gasteiger partial charge is 0.507 e. The molecule has 7 heteroatoms. The zero-order valence-electron chi connectivity index (χ0n) is 8.91. The number of thioether (sulfide) groups is 1. The second-order valence-electron chi connectivity index (χ2n) is 4.38. The predicted molar refractivity (Wildman–Crippen MR) is 55.8 cm³/mol. The molecule has 90 valence electrons. The number of hydrogen-bond donors (Lipinski definition) is 2. The zero-order valence-corrected chi connectivity index (χ0v) is 9.73. The van der Waals surface area contributed by atoms with E-state index < -0.39 is 23.0 Å². The van der Waals surface area contributed by atoms with E-state index in [-0.39, 0.29) is 17.9 Å². The maximum absolute atomic E-state index is 11.6. The highest BCUT2D eigenvalue weighted by Crippen LogP contribution is 2.53. The Hall–Kier alpha value is -0.950. The first-order valence-electron chi connectivity index (χ1n) is 4.89. The number of β-lactam (4-membered cyclic amide) rings is 1. The number of amides is 1. The number of carbonyl (C=O) groups excluding carboxylic acids is 1. The van der Waals surface area contributed by atoms with Crippen LogP contribution in [0.2, 0.25) is 0 Å². The van der Waals surface area contributed by atoms with E-state index in [1.165, 1.54) is 16.7 Å². The predicted octanol–water partition coefficient (Wildman–Crippen LogP) is 0.309. The van der Waals surface area contributed by atoms with Gasteiger partial charge >= 0.3 is 6.16 Å². The van der Waals surface area contributed by atoms with Gasteiger partial charge in [0, 0.05) is 0 Å². The van der Waals surface area contributed by atoms with Crippen LogP contribution in [0.4, 0.5) is 4.79 Å². The van der Waals surface area contributed by atoms with Crippen molar-refractivity contribution < 1.29 is 24.5 Å². The molecule has 2 saturated heterocycles. The first kappa shape index (κ1) is 11.5. The molecule has 2 N–H and O–H groups in total. The number of ether oxygens (including phenoxy) is 1. The summed E-state index contributed by atoms with van der Waals surface area (Å²) in [6, 6.07) is 0. The van der Waals surface area contributed by atoms with Crippen LogP contribution in [0.1, 0.15) is 13.8 Å². The molecular weight excluding hydrogens is 234 g/mol. The van der Waals surface area contributed by atoms with Crippen molar-refractivity contribution in [1.29, 1.82) is 0 Å². The Balaban J connectivity index is 2.19. The van der Waals surface area contributed by atoms with Gasteiger partial charge in [-0.2, -0.15) is 0 Å². The molecular formula is C9H13NO5S. The number of carbonyl (C=O) groups is 2. The molecule has 3 atom stereocenters. The molecule has 0 saturated carbocycles. The highest BCUT2D eigenvalue weighted by atomic mass is 32.2. The van der Waals surface area contributed by atoms with Crippen LogP contribution in [-0.2, 0) is 9.53 Å². The fourth-order valence-electron chi connectivity index (χ4n) is 2.11. The Morgan fingerprint density at radius 3 is 2.75 bits per heavy atom. The summed E-state index contributed by atoms with van der Waals surface area (Å²) in [6.45, 7) is 3.44. The Bertz CT molecular complexity index is 345. The van der Waals surface area contributed by atoms with Crippen molar-refractivity contribution in [2.75, 3.05) is 6.61 Å². The summed E-state index contributed by atoms with van der Waals surface area (Å²) in [6.07, 6.45) is -2.16. The molecule has 2 heterocycles. The third kappa shape index (κ3) is 1.46. The highest BCUT2D eigenvalue weighted by Gasteiger charge is 2.62. The van der Waals surface area contributed by atoms with E-state index in [0.717, 1.165) is 0 Å². The van der Waals surface area contributed by atoms with Gasteiger partial charge in [-0.1, -0.05) is 0 Å². The van der Waals surface area contributed by atoms with Crippen LogP contribution in [0, 0.1) is 5.92 Å². The minimum Gasteiger partial charge on any atom is -0.450 e. The van der Waals surface area contributed by atoms with Gasteiger partial charge in [0.1, 0.15) is 0 Å². The van der Waals surface area contributed by atoms with E-state index >= 15 is 0 Å². The van der Waals surface area contributed by atoms with E-state index in [0.29, 0.717) is 0 Å². The van der Waals surface area contributed by atoms with Gasteiger partial charge in [-0.3, -0.25) is 9.69 Å². The first-order valence-corrected chi connectivity index (χ1v) is 5.77. The van der Waals surface area contributed by atoms with Crippen molar-refractivity contribution in [2.45, 2.75) is 30.2 Å². The van der Waals surface area contributed by atoms with Crippen LogP contribution >= 0.6 is 11.8 Å². The average molecular weight is 247 g/mol. The van der Waals surface area contributed by atoms with Crippen molar-refractivity contribution in [2.24, 2.45) is 5.92 Å². The Morgan fingerprint density at radius 2 is 2.25 bits per heavy atom. The fraction of sp³-hybridized carbons (Fsp3) is 0.778. The van der Waals surface area contributed by atoms with Crippen LogP contribution in [0.5, 0.6) is 0 Å². The Morgan fingerprint density at radius 1 is 1.62 bits per heavy atom. The minimum absolute atomic E-state index is 0.170. The molecule has 1 amide bonds. The highest BCUT2D eigenvalue weighted by molar-refractivity contribution is 8.01. The molecule has 0 unspecified atom stereocenters. The number of aliphatic hydroxyl groups excluding tert-OH is 1. The number of rotatable bonds is 2. The third-order valence-electron chi connectivity index (χ3n) is 2.87. The van der Waals surface area contributed by atoms with E-state index in [1.54, 1.807) is 0 Å². The lowest BCUT2D eigenvalue weighted by Gasteiger charge is -2.42. The van der Waals surface area contributed by atoms with E-state index in [1.807, 2.05) is 13.8 Å². The molecule has 0 spiro atoms. The second kappa shape index (κ2) is 3.53. The van der Waals surface area contributed by atoms with Crippen molar-refractivity contribution in [3.8, 4) is 0 Å². The maximum atomic E-state index is 11.6. The molecule has 2 aliphatic heterocycles. The van der Waals surface area contributed by atoms with Crippen LogP contribution < -0.4 is 0 Å². The van der Waals surface area contributed by atoms with Gasteiger partial charge in [0.15, 0.2) is 6.23 Å². The minimum atomic E-state index is -1.39. The van der Waals surface area contributed by atoms with Crippen molar-refractivity contribution >= 4 is 23.8 Å². The summed E-state index contributed by atoms with van der Waals surface area (Å²) in [5.74, 6) is -0.663. The number of fused-ring (bicyclic) bond motifs is 1. The van der Waals surface area contributed by atoms with Crippen LogP contribution in [0.3, 0.4) is 0 Å². The maximum Gasteiger partial charge on any atom is 0.507 e. The van der Waals surface area contributed by atoms with Gasteiger partial charge in [-0.15, -0.1) is 11.8 Å². The summed E-state index contributed by atoms with van der Waals surface area (Å²) < 4.78 is 4.26. The van der Waals surface area contributed by atoms with Crippen molar-refractivity contribution in [3.05, 3.63) is 0 Å². The summed E-state index contributed by atoms with van der Waals surface area (Å²) in [5, 5.41) is 17.5. The van der Waals surface area contributed by atoms with Gasteiger partial charge in [0.25, 0.3) is 0 Å². The Kier molecular flexibility index (Phi) is 2.54. The lowest BCUT2D eigenvalue weighted by molar-refractivity contribution is -0.169. The molecule has 0 aromatic carbocycles. The van der Waals surface area contributed by atoms with E-state index in [4.69, 9.17) is 14.9 Å². The van der Waals surface area contributed by atoms with E-state index in [2.05, 4.69) is 0 Å². The van der Waals surface area contributed by atoms with Gasteiger partial charge in [-0.05, 0) is 13.8 Å². The molecule has 16 heavy (non-hydrogen) atoms.